The Bertz CT molecular complexity index is 348. The summed E-state index contributed by atoms with van der Waals surface area (Å²) in [6, 6.07) is -0.166. The van der Waals surface area contributed by atoms with Crippen LogP contribution >= 0.6 is 0 Å². The molecule has 1 unspecified atom stereocenters. The first kappa shape index (κ1) is 16.5. The molecule has 2 aliphatic rings. The second kappa shape index (κ2) is 6.94. The van der Waals surface area contributed by atoms with Crippen molar-refractivity contribution in [2.45, 2.75) is 70.5 Å². The average molecular weight is 301 g/mol. The summed E-state index contributed by atoms with van der Waals surface area (Å²) in [5.41, 5.74) is -0.513. The van der Waals surface area contributed by atoms with E-state index >= 15 is 0 Å². The molecule has 6 nitrogen and oxygen atoms in total. The van der Waals surface area contributed by atoms with Crippen molar-refractivity contribution in [3.8, 4) is 0 Å². The number of nitrogens with zero attached hydrogens (tertiary/aromatic N) is 1. The van der Waals surface area contributed by atoms with Crippen LogP contribution in [0.1, 0.15) is 46.5 Å². The highest BCUT2D eigenvalue weighted by Gasteiger charge is 2.36. The van der Waals surface area contributed by atoms with Gasteiger partial charge in [0.15, 0.2) is 6.29 Å². The molecule has 2 heterocycles. The fraction of sp³-hybridized carbons (Fsp3) is 0.933. The van der Waals surface area contributed by atoms with Gasteiger partial charge in [0.2, 0.25) is 0 Å². The van der Waals surface area contributed by atoms with Crippen LogP contribution in [0.3, 0.4) is 0 Å². The Labute approximate surface area is 126 Å². The highest BCUT2D eigenvalue weighted by Crippen LogP contribution is 2.25. The molecular weight excluding hydrogens is 274 g/mol. The van der Waals surface area contributed by atoms with Crippen LogP contribution in [-0.4, -0.2) is 59.9 Å². The van der Waals surface area contributed by atoms with E-state index in [0.717, 1.165) is 12.8 Å². The number of ether oxygens (including phenoxy) is 3. The molecule has 122 valence electrons. The maximum absolute atomic E-state index is 12.2. The highest BCUT2D eigenvalue weighted by molar-refractivity contribution is 5.69. The van der Waals surface area contributed by atoms with Crippen LogP contribution in [0.15, 0.2) is 0 Å². The van der Waals surface area contributed by atoms with Crippen molar-refractivity contribution >= 4 is 6.09 Å². The summed E-state index contributed by atoms with van der Waals surface area (Å²) in [6.07, 6.45) is 1.82. The summed E-state index contributed by atoms with van der Waals surface area (Å²) < 4.78 is 16.1. The van der Waals surface area contributed by atoms with Crippen molar-refractivity contribution in [3.05, 3.63) is 0 Å². The molecule has 0 aromatic rings. The summed E-state index contributed by atoms with van der Waals surface area (Å²) in [4.78, 5) is 13.8. The molecule has 2 aliphatic heterocycles. The third-order valence-corrected chi connectivity index (χ3v) is 3.76. The Morgan fingerprint density at radius 2 is 2.05 bits per heavy atom. The summed E-state index contributed by atoms with van der Waals surface area (Å²) in [6.45, 7) is 7.43. The molecule has 0 spiro atoms. The number of hydrogen-bond donors (Lipinski definition) is 1. The number of hydrogen-bond acceptors (Lipinski definition) is 5. The van der Waals surface area contributed by atoms with E-state index in [9.17, 15) is 9.90 Å². The van der Waals surface area contributed by atoms with Gasteiger partial charge in [-0.15, -0.1) is 0 Å². The molecule has 1 N–H and O–H groups in total. The van der Waals surface area contributed by atoms with Crippen molar-refractivity contribution in [2.75, 3.05) is 19.8 Å². The molecule has 6 heteroatoms. The molecule has 0 aromatic carbocycles. The quantitative estimate of drug-likeness (QED) is 0.859. The summed E-state index contributed by atoms with van der Waals surface area (Å²) >= 11 is 0. The first-order valence-electron chi connectivity index (χ1n) is 7.78. The lowest BCUT2D eigenvalue weighted by Crippen LogP contribution is -2.45. The van der Waals surface area contributed by atoms with Gasteiger partial charge in [-0.25, -0.2) is 4.79 Å². The normalized spacial score (nSPS) is 25.3. The van der Waals surface area contributed by atoms with Crippen molar-refractivity contribution in [2.24, 2.45) is 0 Å². The maximum Gasteiger partial charge on any atom is 0.410 e. The molecule has 0 bridgehead atoms. The second-order valence-corrected chi connectivity index (χ2v) is 6.70. The zero-order valence-electron chi connectivity index (χ0n) is 13.2. The van der Waals surface area contributed by atoms with Gasteiger partial charge in [0, 0.05) is 13.0 Å². The van der Waals surface area contributed by atoms with Gasteiger partial charge in [0.05, 0.1) is 25.4 Å². The smallest absolute Gasteiger partial charge is 0.410 e. The van der Waals surface area contributed by atoms with E-state index in [0.29, 0.717) is 32.6 Å². The lowest BCUT2D eigenvalue weighted by Gasteiger charge is -2.31. The zero-order valence-corrected chi connectivity index (χ0v) is 13.2. The summed E-state index contributed by atoms with van der Waals surface area (Å²) in [5, 5.41) is 10.4. The molecule has 0 aromatic heterocycles. The van der Waals surface area contributed by atoms with E-state index in [1.165, 1.54) is 0 Å². The van der Waals surface area contributed by atoms with Gasteiger partial charge in [-0.3, -0.25) is 0 Å². The number of carbonyl (C=O) groups excluding carboxylic acids is 1. The van der Waals surface area contributed by atoms with Crippen molar-refractivity contribution in [3.63, 3.8) is 0 Å². The molecular formula is C15H27NO5. The van der Waals surface area contributed by atoms with E-state index in [1.54, 1.807) is 4.90 Å². The Balaban J connectivity index is 1.83. The number of likely N-dealkylation sites (tertiary alicyclic amines) is 1. The Morgan fingerprint density at radius 3 is 2.67 bits per heavy atom. The van der Waals surface area contributed by atoms with Crippen LogP contribution in [0, 0.1) is 0 Å². The van der Waals surface area contributed by atoms with Crippen LogP contribution in [0.4, 0.5) is 4.79 Å². The Kier molecular flexibility index (Phi) is 5.46. The first-order chi connectivity index (χ1) is 9.87. The SMILES string of the molecule is CC(C)(C)OC(=O)N1CCC[C@H]1C(O)CCC1OCCO1. The third-order valence-electron chi connectivity index (χ3n) is 3.76. The van der Waals surface area contributed by atoms with Crippen LogP contribution in [0.2, 0.25) is 0 Å². The number of carbonyl (C=O) groups is 1. The molecule has 2 rings (SSSR count). The van der Waals surface area contributed by atoms with Crippen molar-refractivity contribution in [1.82, 2.24) is 4.90 Å². The maximum atomic E-state index is 12.2. The molecule has 0 saturated carbocycles. The average Bonchev–Trinajstić information content (AvgIpc) is 3.05. The van der Waals surface area contributed by atoms with E-state index in [-0.39, 0.29) is 18.4 Å². The van der Waals surface area contributed by atoms with Gasteiger partial charge in [-0.05, 0) is 40.0 Å². The van der Waals surface area contributed by atoms with E-state index in [4.69, 9.17) is 14.2 Å². The molecule has 2 fully saturated rings. The molecule has 21 heavy (non-hydrogen) atoms. The second-order valence-electron chi connectivity index (χ2n) is 6.70. The predicted molar refractivity (Wildman–Crippen MR) is 76.9 cm³/mol. The summed E-state index contributed by atoms with van der Waals surface area (Å²) in [7, 11) is 0. The van der Waals surface area contributed by atoms with Crippen LogP contribution in [0.5, 0.6) is 0 Å². The molecule has 0 aliphatic carbocycles. The number of aliphatic hydroxyl groups is 1. The molecule has 0 radical (unpaired) electrons. The minimum absolute atomic E-state index is 0.166. The fourth-order valence-corrected chi connectivity index (χ4v) is 2.81. The Hall–Kier alpha value is -0.850. The zero-order chi connectivity index (χ0) is 15.5. The number of aliphatic hydroxyl groups excluding tert-OH is 1. The molecule has 2 atom stereocenters. The minimum Gasteiger partial charge on any atom is -0.444 e. The third kappa shape index (κ3) is 4.83. The molecule has 2 saturated heterocycles. The molecule has 1 amide bonds. The lowest BCUT2D eigenvalue weighted by atomic mass is 10.0. The lowest BCUT2D eigenvalue weighted by molar-refractivity contribution is -0.0585. The summed E-state index contributed by atoms with van der Waals surface area (Å²) in [5.74, 6) is 0. The van der Waals surface area contributed by atoms with Gasteiger partial charge >= 0.3 is 6.09 Å². The number of amides is 1. The first-order valence-corrected chi connectivity index (χ1v) is 7.78. The predicted octanol–water partition coefficient (Wildman–Crippen LogP) is 1.90. The monoisotopic (exact) mass is 301 g/mol. The highest BCUT2D eigenvalue weighted by atomic mass is 16.7. The van der Waals surface area contributed by atoms with Gasteiger partial charge in [0.1, 0.15) is 5.60 Å². The standard InChI is InChI=1S/C15H27NO5/c1-15(2,3)21-14(18)16-8-4-5-11(16)12(17)6-7-13-19-9-10-20-13/h11-13,17H,4-10H2,1-3H3/t11-,12?/m0/s1. The van der Waals surface area contributed by atoms with Gasteiger partial charge in [-0.2, -0.15) is 0 Å². The van der Waals surface area contributed by atoms with E-state index in [2.05, 4.69) is 0 Å². The van der Waals surface area contributed by atoms with E-state index in [1.807, 2.05) is 20.8 Å². The Morgan fingerprint density at radius 1 is 1.38 bits per heavy atom. The van der Waals surface area contributed by atoms with Crippen molar-refractivity contribution < 1.29 is 24.1 Å². The van der Waals surface area contributed by atoms with Crippen molar-refractivity contribution in [1.29, 1.82) is 0 Å². The fourth-order valence-electron chi connectivity index (χ4n) is 2.81. The van der Waals surface area contributed by atoms with E-state index < -0.39 is 11.7 Å². The minimum atomic E-state index is -0.562. The topological polar surface area (TPSA) is 68.2 Å². The van der Waals surface area contributed by atoms with Crippen LogP contribution in [0.25, 0.3) is 0 Å². The largest absolute Gasteiger partial charge is 0.444 e. The van der Waals surface area contributed by atoms with Gasteiger partial charge in [-0.1, -0.05) is 0 Å². The van der Waals surface area contributed by atoms with Gasteiger partial charge in [0.25, 0.3) is 0 Å². The van der Waals surface area contributed by atoms with Gasteiger partial charge < -0.3 is 24.2 Å². The number of rotatable bonds is 4. The van der Waals surface area contributed by atoms with Crippen LogP contribution < -0.4 is 0 Å². The van der Waals surface area contributed by atoms with Crippen LogP contribution in [-0.2, 0) is 14.2 Å².